The van der Waals surface area contributed by atoms with Crippen molar-refractivity contribution in [3.8, 4) is 11.1 Å². The molecule has 7 nitrogen and oxygen atoms in total. The van der Waals surface area contributed by atoms with Crippen LogP contribution in [-0.2, 0) is 11.3 Å². The lowest BCUT2D eigenvalue weighted by Gasteiger charge is -2.09. The van der Waals surface area contributed by atoms with Crippen molar-refractivity contribution < 1.29 is 19.4 Å². The number of aromatic carboxylic acids is 1. The maximum atomic E-state index is 12.5. The first-order chi connectivity index (χ1) is 16.9. The molecule has 0 radical (unpaired) electrons. The summed E-state index contributed by atoms with van der Waals surface area (Å²) in [7, 11) is 1.59. The Hall–Kier alpha value is -4.23. The number of hydrogen-bond donors (Lipinski definition) is 2. The highest BCUT2D eigenvalue weighted by atomic mass is 16.5. The monoisotopic (exact) mass is 469 g/mol. The third-order valence-electron chi connectivity index (χ3n) is 5.76. The summed E-state index contributed by atoms with van der Waals surface area (Å²) >= 11 is 0. The average Bonchev–Trinajstić information content (AvgIpc) is 3.22. The van der Waals surface area contributed by atoms with Crippen LogP contribution >= 0.6 is 0 Å². The number of hydrogen-bond acceptors (Lipinski definition) is 4. The number of benzene rings is 3. The van der Waals surface area contributed by atoms with Gasteiger partial charge in [0.05, 0.1) is 29.9 Å². The Kier molecular flexibility index (Phi) is 7.08. The standard InChI is InChI=1S/C28H27N3O4/c1-18(2)26-24-16-21(27(32)29-14-15-35-3)12-13-25(24)31(30-26)17-19-8-10-20(11-9-19)22-6-4-5-7-23(22)28(33)34/h4-13,16H,1,14-15,17H2,2-3H3,(H,29,32)(H,33,34). The molecular formula is C28H27N3O4. The van der Waals surface area contributed by atoms with Crippen LogP contribution < -0.4 is 5.32 Å². The first kappa shape index (κ1) is 23.9. The molecule has 0 atom stereocenters. The lowest BCUT2D eigenvalue weighted by molar-refractivity contribution is 0.0697. The lowest BCUT2D eigenvalue weighted by Crippen LogP contribution is -2.26. The van der Waals surface area contributed by atoms with E-state index in [4.69, 9.17) is 9.84 Å². The molecule has 0 spiro atoms. The van der Waals surface area contributed by atoms with Crippen LogP contribution in [0.25, 0.3) is 27.6 Å². The number of amides is 1. The second-order valence-electron chi connectivity index (χ2n) is 8.31. The normalized spacial score (nSPS) is 10.9. The number of methoxy groups -OCH3 is 1. The largest absolute Gasteiger partial charge is 0.478 e. The van der Waals surface area contributed by atoms with Crippen LogP contribution in [0.2, 0.25) is 0 Å². The van der Waals surface area contributed by atoms with Gasteiger partial charge >= 0.3 is 5.97 Å². The van der Waals surface area contributed by atoms with Crippen LogP contribution in [0.1, 0.15) is 38.9 Å². The van der Waals surface area contributed by atoms with Gasteiger partial charge in [-0.25, -0.2) is 4.79 Å². The van der Waals surface area contributed by atoms with Crippen molar-refractivity contribution in [2.24, 2.45) is 0 Å². The zero-order valence-electron chi connectivity index (χ0n) is 19.7. The zero-order chi connectivity index (χ0) is 24.9. The molecule has 0 aliphatic rings. The van der Waals surface area contributed by atoms with E-state index in [0.717, 1.165) is 33.3 Å². The van der Waals surface area contributed by atoms with Crippen molar-refractivity contribution >= 4 is 28.4 Å². The summed E-state index contributed by atoms with van der Waals surface area (Å²) in [6.07, 6.45) is 0. The summed E-state index contributed by atoms with van der Waals surface area (Å²) in [5, 5.41) is 18.0. The molecule has 4 rings (SSSR count). The molecule has 1 heterocycles. The molecule has 4 aromatic rings. The molecule has 0 unspecified atom stereocenters. The van der Waals surface area contributed by atoms with Crippen LogP contribution in [-0.4, -0.2) is 47.0 Å². The van der Waals surface area contributed by atoms with Gasteiger partial charge in [-0.05, 0) is 53.5 Å². The second kappa shape index (κ2) is 10.4. The number of nitrogens with one attached hydrogen (secondary N) is 1. The third kappa shape index (κ3) is 5.15. The Bertz CT molecular complexity index is 1400. The minimum absolute atomic E-state index is 0.165. The second-order valence-corrected chi connectivity index (χ2v) is 8.31. The molecule has 35 heavy (non-hydrogen) atoms. The number of carbonyl (C=O) groups is 2. The summed E-state index contributed by atoms with van der Waals surface area (Å²) in [6, 6.07) is 20.3. The highest BCUT2D eigenvalue weighted by molar-refractivity contribution is 6.00. The zero-order valence-corrected chi connectivity index (χ0v) is 19.7. The van der Waals surface area contributed by atoms with Crippen LogP contribution in [0.15, 0.2) is 73.3 Å². The third-order valence-corrected chi connectivity index (χ3v) is 5.76. The maximum absolute atomic E-state index is 12.5. The molecule has 1 aromatic heterocycles. The number of carbonyl (C=O) groups excluding carboxylic acids is 1. The van der Waals surface area contributed by atoms with Crippen LogP contribution in [0.5, 0.6) is 0 Å². The van der Waals surface area contributed by atoms with Gasteiger partial charge in [-0.2, -0.15) is 5.10 Å². The number of nitrogens with zero attached hydrogens (tertiary/aromatic N) is 2. The Labute approximate surface area is 203 Å². The number of fused-ring (bicyclic) bond motifs is 1. The molecule has 0 aliphatic heterocycles. The first-order valence-corrected chi connectivity index (χ1v) is 11.2. The Morgan fingerprint density at radius 2 is 1.83 bits per heavy atom. The van der Waals surface area contributed by atoms with E-state index in [1.165, 1.54) is 0 Å². The molecule has 3 aromatic carbocycles. The van der Waals surface area contributed by atoms with Crippen molar-refractivity contribution in [3.05, 3.63) is 95.7 Å². The number of carboxylic acids is 1. The molecule has 1 amide bonds. The number of allylic oxidation sites excluding steroid dienone is 1. The smallest absolute Gasteiger partial charge is 0.336 e. The predicted molar refractivity (Wildman–Crippen MR) is 137 cm³/mol. The van der Waals surface area contributed by atoms with Crippen LogP contribution in [0.4, 0.5) is 0 Å². The minimum atomic E-state index is -0.952. The fourth-order valence-corrected chi connectivity index (χ4v) is 4.01. The van der Waals surface area contributed by atoms with Crippen molar-refractivity contribution in [3.63, 3.8) is 0 Å². The summed E-state index contributed by atoms with van der Waals surface area (Å²) in [5.41, 5.74) is 5.81. The molecule has 7 heteroatoms. The van der Waals surface area contributed by atoms with Crippen molar-refractivity contribution in [2.45, 2.75) is 13.5 Å². The van der Waals surface area contributed by atoms with E-state index in [2.05, 4.69) is 11.9 Å². The van der Waals surface area contributed by atoms with Crippen LogP contribution in [0.3, 0.4) is 0 Å². The van der Waals surface area contributed by atoms with Gasteiger partial charge in [-0.1, -0.05) is 49.0 Å². The van der Waals surface area contributed by atoms with E-state index in [0.29, 0.717) is 30.8 Å². The molecule has 0 saturated carbocycles. The van der Waals surface area contributed by atoms with Crippen LogP contribution in [0, 0.1) is 0 Å². The molecule has 2 N–H and O–H groups in total. The van der Waals surface area contributed by atoms with Crippen molar-refractivity contribution in [2.75, 3.05) is 20.3 Å². The molecule has 0 saturated heterocycles. The molecular weight excluding hydrogens is 442 g/mol. The van der Waals surface area contributed by atoms with Gasteiger partial charge in [-0.15, -0.1) is 0 Å². The molecule has 178 valence electrons. The van der Waals surface area contributed by atoms with Crippen molar-refractivity contribution in [1.82, 2.24) is 15.1 Å². The van der Waals surface area contributed by atoms with Gasteiger partial charge in [0.25, 0.3) is 5.91 Å². The first-order valence-electron chi connectivity index (χ1n) is 11.2. The molecule has 0 fully saturated rings. The average molecular weight is 470 g/mol. The molecule has 0 aliphatic carbocycles. The Morgan fingerprint density at radius 1 is 1.09 bits per heavy atom. The highest BCUT2D eigenvalue weighted by Gasteiger charge is 2.15. The predicted octanol–water partition coefficient (Wildman–Crippen LogP) is 4.86. The van der Waals surface area contributed by atoms with Gasteiger partial charge < -0.3 is 15.2 Å². The van der Waals surface area contributed by atoms with E-state index in [1.807, 2.05) is 60.1 Å². The van der Waals surface area contributed by atoms with E-state index >= 15 is 0 Å². The van der Waals surface area contributed by atoms with E-state index in [1.54, 1.807) is 25.3 Å². The summed E-state index contributed by atoms with van der Waals surface area (Å²) in [6.45, 7) is 7.36. The van der Waals surface area contributed by atoms with Crippen molar-refractivity contribution in [1.29, 1.82) is 0 Å². The van der Waals surface area contributed by atoms with Gasteiger partial charge in [-0.3, -0.25) is 9.48 Å². The Morgan fingerprint density at radius 3 is 2.51 bits per heavy atom. The SMILES string of the molecule is C=C(C)c1nn(Cc2ccc(-c3ccccc3C(=O)O)cc2)c2ccc(C(=O)NCCOC)cc12. The van der Waals surface area contributed by atoms with Gasteiger partial charge in [0.2, 0.25) is 0 Å². The fourth-order valence-electron chi connectivity index (χ4n) is 4.01. The fraction of sp³-hybridized carbons (Fsp3) is 0.179. The highest BCUT2D eigenvalue weighted by Crippen LogP contribution is 2.27. The number of aromatic nitrogens is 2. The molecule has 0 bridgehead atoms. The minimum Gasteiger partial charge on any atom is -0.478 e. The van der Waals surface area contributed by atoms with E-state index in [9.17, 15) is 14.7 Å². The quantitative estimate of drug-likeness (QED) is 0.342. The van der Waals surface area contributed by atoms with Gasteiger partial charge in [0.1, 0.15) is 0 Å². The topological polar surface area (TPSA) is 93.5 Å². The number of carboxylic acid groups (broad SMARTS) is 1. The maximum Gasteiger partial charge on any atom is 0.336 e. The van der Waals surface area contributed by atoms with Gasteiger partial charge in [0.15, 0.2) is 0 Å². The Balaban J connectivity index is 1.62. The number of rotatable bonds is 9. The van der Waals surface area contributed by atoms with E-state index in [-0.39, 0.29) is 11.5 Å². The van der Waals surface area contributed by atoms with E-state index < -0.39 is 5.97 Å². The summed E-state index contributed by atoms with van der Waals surface area (Å²) in [4.78, 5) is 24.1. The summed E-state index contributed by atoms with van der Waals surface area (Å²) < 4.78 is 6.89. The van der Waals surface area contributed by atoms with Gasteiger partial charge in [0, 0.05) is 24.6 Å². The number of ether oxygens (including phenoxy) is 1. The summed E-state index contributed by atoms with van der Waals surface area (Å²) in [5.74, 6) is -1.12. The lowest BCUT2D eigenvalue weighted by atomic mass is 9.99.